The third-order valence-electron chi connectivity index (χ3n) is 2.26. The van der Waals surface area contributed by atoms with Crippen molar-refractivity contribution >= 4 is 17.3 Å². The Bertz CT molecular complexity index is 566. The fraction of sp³-hybridized carbons (Fsp3) is 0.0909. The molecule has 0 aliphatic rings. The van der Waals surface area contributed by atoms with Gasteiger partial charge in [0.15, 0.2) is 0 Å². The number of nitrogens with two attached hydrogens (primary N) is 1. The number of nitrogens with one attached hydrogen (secondary N) is 1. The van der Waals surface area contributed by atoms with Gasteiger partial charge in [-0.25, -0.2) is 4.39 Å². The predicted octanol–water partition coefficient (Wildman–Crippen LogP) is 1.96. The van der Waals surface area contributed by atoms with Crippen LogP contribution in [0.25, 0.3) is 0 Å². The molecule has 0 radical (unpaired) electrons. The molecule has 2 rings (SSSR count). The lowest BCUT2D eigenvalue weighted by Crippen LogP contribution is -2.13. The molecule has 0 spiro atoms. The van der Waals surface area contributed by atoms with E-state index in [0.29, 0.717) is 17.0 Å². The first-order valence-electron chi connectivity index (χ1n) is 4.85. The zero-order valence-electron chi connectivity index (χ0n) is 9.03. The summed E-state index contributed by atoms with van der Waals surface area (Å²) in [6, 6.07) is 3.74. The molecule has 3 N–H and O–H groups in total. The Morgan fingerprint density at radius 2 is 2.29 bits per heavy atom. The highest BCUT2D eigenvalue weighted by Gasteiger charge is 2.14. The van der Waals surface area contributed by atoms with Gasteiger partial charge in [0.1, 0.15) is 17.1 Å². The quantitative estimate of drug-likeness (QED) is 0.779. The molecule has 0 aliphatic carbocycles. The van der Waals surface area contributed by atoms with Crippen molar-refractivity contribution in [2.75, 3.05) is 11.1 Å². The standard InChI is InChI=1S/C11H10FN3O2/c1-6-8(5-14-17-6)11(16)15-10-3-2-7(12)4-9(10)13/h2-5H,13H2,1H3,(H,15,16). The zero-order valence-corrected chi connectivity index (χ0v) is 9.03. The van der Waals surface area contributed by atoms with Crippen molar-refractivity contribution in [1.82, 2.24) is 5.16 Å². The van der Waals surface area contributed by atoms with Gasteiger partial charge in [-0.3, -0.25) is 4.79 Å². The smallest absolute Gasteiger partial charge is 0.260 e. The Morgan fingerprint density at radius 1 is 1.53 bits per heavy atom. The van der Waals surface area contributed by atoms with E-state index in [-0.39, 0.29) is 5.69 Å². The molecule has 0 unspecified atom stereocenters. The maximum Gasteiger partial charge on any atom is 0.260 e. The summed E-state index contributed by atoms with van der Waals surface area (Å²) in [7, 11) is 0. The van der Waals surface area contributed by atoms with E-state index in [0.717, 1.165) is 6.07 Å². The van der Waals surface area contributed by atoms with Crippen LogP contribution in [-0.2, 0) is 0 Å². The Kier molecular flexibility index (Phi) is 2.78. The lowest BCUT2D eigenvalue weighted by Gasteiger charge is -2.06. The van der Waals surface area contributed by atoms with E-state index >= 15 is 0 Å². The Hall–Kier alpha value is -2.37. The molecule has 1 amide bonds. The number of anilines is 2. The first kappa shape index (κ1) is 11.1. The van der Waals surface area contributed by atoms with Crippen LogP contribution >= 0.6 is 0 Å². The third-order valence-corrected chi connectivity index (χ3v) is 2.26. The van der Waals surface area contributed by atoms with Crippen molar-refractivity contribution < 1.29 is 13.7 Å². The van der Waals surface area contributed by atoms with Crippen molar-refractivity contribution in [3.05, 3.63) is 41.5 Å². The monoisotopic (exact) mass is 235 g/mol. The maximum atomic E-state index is 12.8. The van der Waals surface area contributed by atoms with Gasteiger partial charge in [0.2, 0.25) is 0 Å². The van der Waals surface area contributed by atoms with Gasteiger partial charge in [0.25, 0.3) is 5.91 Å². The summed E-state index contributed by atoms with van der Waals surface area (Å²) >= 11 is 0. The van der Waals surface area contributed by atoms with Crippen LogP contribution in [0, 0.1) is 12.7 Å². The van der Waals surface area contributed by atoms with E-state index in [9.17, 15) is 9.18 Å². The highest BCUT2D eigenvalue weighted by Crippen LogP contribution is 2.20. The van der Waals surface area contributed by atoms with Gasteiger partial charge in [0, 0.05) is 0 Å². The summed E-state index contributed by atoms with van der Waals surface area (Å²) < 4.78 is 17.6. The van der Waals surface area contributed by atoms with Crippen LogP contribution in [0.1, 0.15) is 16.1 Å². The SMILES string of the molecule is Cc1oncc1C(=O)Nc1ccc(F)cc1N. The van der Waals surface area contributed by atoms with Crippen LogP contribution in [0.4, 0.5) is 15.8 Å². The minimum absolute atomic E-state index is 0.160. The fourth-order valence-electron chi connectivity index (χ4n) is 1.35. The van der Waals surface area contributed by atoms with Crippen LogP contribution in [0.2, 0.25) is 0 Å². The normalized spacial score (nSPS) is 10.2. The average molecular weight is 235 g/mol. The summed E-state index contributed by atoms with van der Waals surface area (Å²) in [6.07, 6.45) is 1.31. The third kappa shape index (κ3) is 2.25. The second-order valence-electron chi connectivity index (χ2n) is 3.48. The van der Waals surface area contributed by atoms with E-state index in [1.54, 1.807) is 6.92 Å². The summed E-state index contributed by atoms with van der Waals surface area (Å²) in [5, 5.41) is 6.04. The first-order valence-corrected chi connectivity index (χ1v) is 4.85. The number of nitrogen functional groups attached to an aromatic ring is 1. The molecule has 0 saturated heterocycles. The van der Waals surface area contributed by atoms with E-state index in [2.05, 4.69) is 10.5 Å². The van der Waals surface area contributed by atoms with Gasteiger partial charge in [-0.15, -0.1) is 0 Å². The number of benzene rings is 1. The summed E-state index contributed by atoms with van der Waals surface area (Å²) in [5.74, 6) is -0.452. The van der Waals surface area contributed by atoms with Gasteiger partial charge in [-0.05, 0) is 25.1 Å². The Balaban J connectivity index is 2.22. The Morgan fingerprint density at radius 3 is 2.88 bits per heavy atom. The number of carbonyl (C=O) groups excluding carboxylic acids is 1. The molecule has 5 nitrogen and oxygen atoms in total. The van der Waals surface area contributed by atoms with Crippen LogP contribution in [0.15, 0.2) is 28.9 Å². The molecular formula is C11H10FN3O2. The molecule has 1 aromatic heterocycles. The molecule has 0 bridgehead atoms. The van der Waals surface area contributed by atoms with Crippen LogP contribution in [-0.4, -0.2) is 11.1 Å². The van der Waals surface area contributed by atoms with Gasteiger partial charge in [-0.1, -0.05) is 5.16 Å². The van der Waals surface area contributed by atoms with Crippen molar-refractivity contribution in [3.63, 3.8) is 0 Å². The molecule has 0 saturated carbocycles. The van der Waals surface area contributed by atoms with Gasteiger partial charge < -0.3 is 15.6 Å². The Labute approximate surface area is 96.4 Å². The highest BCUT2D eigenvalue weighted by atomic mass is 19.1. The molecule has 1 aromatic carbocycles. The molecule has 0 aliphatic heterocycles. The average Bonchev–Trinajstić information content (AvgIpc) is 2.68. The molecule has 2 aromatic rings. The van der Waals surface area contributed by atoms with Crippen molar-refractivity contribution in [1.29, 1.82) is 0 Å². The van der Waals surface area contributed by atoms with E-state index < -0.39 is 11.7 Å². The van der Waals surface area contributed by atoms with E-state index in [1.807, 2.05) is 0 Å². The predicted molar refractivity (Wildman–Crippen MR) is 60.0 cm³/mol. The maximum absolute atomic E-state index is 12.8. The topological polar surface area (TPSA) is 81.2 Å². The number of aryl methyl sites for hydroxylation is 1. The van der Waals surface area contributed by atoms with Gasteiger partial charge in [-0.2, -0.15) is 0 Å². The second kappa shape index (κ2) is 4.25. The number of amides is 1. The summed E-state index contributed by atoms with van der Waals surface area (Å²) in [4.78, 5) is 11.8. The summed E-state index contributed by atoms with van der Waals surface area (Å²) in [6.45, 7) is 1.62. The fourth-order valence-corrected chi connectivity index (χ4v) is 1.35. The number of rotatable bonds is 2. The van der Waals surface area contributed by atoms with Crippen molar-refractivity contribution in [3.8, 4) is 0 Å². The molecule has 0 atom stereocenters. The number of hydrogen-bond acceptors (Lipinski definition) is 4. The largest absolute Gasteiger partial charge is 0.397 e. The van der Waals surface area contributed by atoms with E-state index in [1.165, 1.54) is 18.3 Å². The zero-order chi connectivity index (χ0) is 12.4. The molecule has 17 heavy (non-hydrogen) atoms. The molecule has 6 heteroatoms. The minimum atomic E-state index is -0.457. The number of carbonyl (C=O) groups is 1. The van der Waals surface area contributed by atoms with Crippen LogP contribution in [0.3, 0.4) is 0 Å². The van der Waals surface area contributed by atoms with E-state index in [4.69, 9.17) is 10.3 Å². The lowest BCUT2D eigenvalue weighted by molar-refractivity contribution is 0.102. The van der Waals surface area contributed by atoms with Crippen molar-refractivity contribution in [2.45, 2.75) is 6.92 Å². The number of halogens is 1. The number of nitrogens with zero attached hydrogens (tertiary/aromatic N) is 1. The number of aromatic nitrogens is 1. The molecular weight excluding hydrogens is 225 g/mol. The van der Waals surface area contributed by atoms with Crippen molar-refractivity contribution in [2.24, 2.45) is 0 Å². The molecule has 88 valence electrons. The van der Waals surface area contributed by atoms with Crippen LogP contribution < -0.4 is 11.1 Å². The lowest BCUT2D eigenvalue weighted by atomic mass is 10.2. The second-order valence-corrected chi connectivity index (χ2v) is 3.48. The molecule has 1 heterocycles. The first-order chi connectivity index (χ1) is 8.08. The minimum Gasteiger partial charge on any atom is -0.397 e. The highest BCUT2D eigenvalue weighted by molar-refractivity contribution is 6.06. The van der Waals surface area contributed by atoms with Crippen LogP contribution in [0.5, 0.6) is 0 Å². The number of hydrogen-bond donors (Lipinski definition) is 2. The summed E-state index contributed by atoms with van der Waals surface area (Å²) in [5.41, 5.74) is 6.39. The molecule has 0 fully saturated rings. The van der Waals surface area contributed by atoms with Gasteiger partial charge >= 0.3 is 0 Å². The van der Waals surface area contributed by atoms with Gasteiger partial charge in [0.05, 0.1) is 17.6 Å².